The third-order valence-electron chi connectivity index (χ3n) is 4.93. The van der Waals surface area contributed by atoms with Gasteiger partial charge in [-0.2, -0.15) is 0 Å². The maximum Gasteiger partial charge on any atom is 0.228 e. The number of pyridine rings is 1. The number of fused-ring (bicyclic) bond motifs is 1. The van der Waals surface area contributed by atoms with Crippen molar-refractivity contribution in [2.24, 2.45) is 5.92 Å². The van der Waals surface area contributed by atoms with Crippen LogP contribution in [0.1, 0.15) is 17.7 Å². The second-order valence-electron chi connectivity index (χ2n) is 7.08. The molecule has 0 unspecified atom stereocenters. The Morgan fingerprint density at radius 3 is 2.79 bits per heavy atom. The van der Waals surface area contributed by atoms with E-state index in [-0.39, 0.29) is 24.2 Å². The molecule has 7 nitrogen and oxygen atoms in total. The molecule has 28 heavy (non-hydrogen) atoms. The minimum Gasteiger partial charge on any atom is -0.339 e. The zero-order chi connectivity index (χ0) is 19.5. The van der Waals surface area contributed by atoms with Crippen molar-refractivity contribution in [3.63, 3.8) is 0 Å². The van der Waals surface area contributed by atoms with Gasteiger partial charge in [0.25, 0.3) is 0 Å². The first-order valence-electron chi connectivity index (χ1n) is 9.22. The van der Waals surface area contributed by atoms with Crippen molar-refractivity contribution in [3.05, 3.63) is 66.2 Å². The molecule has 0 aliphatic carbocycles. The molecule has 1 atom stereocenters. The Bertz CT molecular complexity index is 1010. The van der Waals surface area contributed by atoms with Crippen molar-refractivity contribution in [1.82, 2.24) is 24.8 Å². The van der Waals surface area contributed by atoms with Gasteiger partial charge in [-0.3, -0.25) is 19.6 Å². The number of hydrogen-bond acceptors (Lipinski definition) is 5. The van der Waals surface area contributed by atoms with Crippen LogP contribution >= 0.6 is 0 Å². The van der Waals surface area contributed by atoms with Gasteiger partial charge in [-0.1, -0.05) is 18.2 Å². The van der Waals surface area contributed by atoms with E-state index in [1.54, 1.807) is 35.4 Å². The maximum atomic E-state index is 12.8. The van der Waals surface area contributed by atoms with Crippen molar-refractivity contribution in [1.29, 1.82) is 0 Å². The molecule has 0 bridgehead atoms. The lowest BCUT2D eigenvalue weighted by Crippen LogP contribution is -2.34. The van der Waals surface area contributed by atoms with Gasteiger partial charge in [-0.15, -0.1) is 0 Å². The Kier molecular flexibility index (Phi) is 4.97. The molecule has 1 aliphatic rings. The summed E-state index contributed by atoms with van der Waals surface area (Å²) in [6.07, 6.45) is 5.38. The molecule has 142 valence electrons. The fraction of sp³-hybridized carbons (Fsp3) is 0.286. The summed E-state index contributed by atoms with van der Waals surface area (Å²) in [5, 5.41) is 0. The minimum atomic E-state index is -0.331. The first-order valence-corrected chi connectivity index (χ1v) is 9.22. The number of rotatable bonds is 5. The Labute approximate surface area is 163 Å². The number of carbonyl (C=O) groups excluding carboxylic acids is 2. The van der Waals surface area contributed by atoms with Gasteiger partial charge in [-0.05, 0) is 23.8 Å². The van der Waals surface area contributed by atoms with Crippen LogP contribution in [0, 0.1) is 5.92 Å². The van der Waals surface area contributed by atoms with E-state index in [9.17, 15) is 9.59 Å². The molecule has 3 heterocycles. The van der Waals surface area contributed by atoms with Gasteiger partial charge >= 0.3 is 0 Å². The highest BCUT2D eigenvalue weighted by molar-refractivity contribution is 5.89. The molecule has 1 saturated heterocycles. The average Bonchev–Trinajstić information content (AvgIpc) is 3.08. The summed E-state index contributed by atoms with van der Waals surface area (Å²) in [4.78, 5) is 41.6. The van der Waals surface area contributed by atoms with Gasteiger partial charge in [0.15, 0.2) is 0 Å². The number of para-hydroxylation sites is 2. The van der Waals surface area contributed by atoms with E-state index >= 15 is 0 Å². The average molecular weight is 375 g/mol. The summed E-state index contributed by atoms with van der Waals surface area (Å²) >= 11 is 0. The summed E-state index contributed by atoms with van der Waals surface area (Å²) in [5.74, 6) is -0.374. The summed E-state index contributed by atoms with van der Waals surface area (Å²) < 4.78 is 0. The molecular weight excluding hydrogens is 354 g/mol. The Morgan fingerprint density at radius 1 is 1.18 bits per heavy atom. The molecule has 0 spiro atoms. The van der Waals surface area contributed by atoms with E-state index in [2.05, 4.69) is 15.0 Å². The van der Waals surface area contributed by atoms with Crippen LogP contribution in [0.4, 0.5) is 0 Å². The second kappa shape index (κ2) is 7.72. The number of aromatic nitrogens is 3. The number of hydrogen-bond donors (Lipinski definition) is 0. The SMILES string of the molecule is CN(Cc1cnc2ccccc2n1)C(=O)[C@@H]1CC(=O)N(Cc2cccnc2)C1. The first kappa shape index (κ1) is 18.0. The molecule has 2 aromatic heterocycles. The summed E-state index contributed by atoms with van der Waals surface area (Å²) in [5.41, 5.74) is 3.32. The molecule has 7 heteroatoms. The lowest BCUT2D eigenvalue weighted by atomic mass is 10.1. The topological polar surface area (TPSA) is 79.3 Å². The lowest BCUT2D eigenvalue weighted by Gasteiger charge is -2.21. The number of likely N-dealkylation sites (tertiary alicyclic amines) is 1. The van der Waals surface area contributed by atoms with E-state index in [0.29, 0.717) is 19.6 Å². The quantitative estimate of drug-likeness (QED) is 0.682. The van der Waals surface area contributed by atoms with Gasteiger partial charge in [0.05, 0.1) is 35.4 Å². The van der Waals surface area contributed by atoms with Crippen molar-refractivity contribution in [2.45, 2.75) is 19.5 Å². The van der Waals surface area contributed by atoms with E-state index in [0.717, 1.165) is 22.3 Å². The smallest absolute Gasteiger partial charge is 0.228 e. The third kappa shape index (κ3) is 3.83. The maximum absolute atomic E-state index is 12.8. The summed E-state index contributed by atoms with van der Waals surface area (Å²) in [7, 11) is 1.74. The Morgan fingerprint density at radius 2 is 2.00 bits per heavy atom. The van der Waals surface area contributed by atoms with Gasteiger partial charge in [0, 0.05) is 39.0 Å². The fourth-order valence-corrected chi connectivity index (χ4v) is 3.51. The molecule has 4 rings (SSSR count). The monoisotopic (exact) mass is 375 g/mol. The molecule has 1 fully saturated rings. The highest BCUT2D eigenvalue weighted by atomic mass is 16.2. The Hall–Kier alpha value is -3.35. The number of carbonyl (C=O) groups is 2. The molecular formula is C21H21N5O2. The van der Waals surface area contributed by atoms with Crippen LogP contribution in [-0.4, -0.2) is 50.2 Å². The standard InChI is InChI=1S/C21H21N5O2/c1-25(14-17-11-23-18-6-2-3-7-19(18)24-17)21(28)16-9-20(27)26(13-16)12-15-5-4-8-22-10-15/h2-8,10-11,16H,9,12-14H2,1H3/t16-/m1/s1. The molecule has 1 aliphatic heterocycles. The minimum absolute atomic E-state index is 0.00102. The highest BCUT2D eigenvalue weighted by Crippen LogP contribution is 2.22. The zero-order valence-electron chi connectivity index (χ0n) is 15.7. The predicted octanol–water partition coefficient (Wildman–Crippen LogP) is 2.03. The third-order valence-corrected chi connectivity index (χ3v) is 4.93. The van der Waals surface area contributed by atoms with E-state index in [4.69, 9.17) is 0 Å². The van der Waals surface area contributed by atoms with Gasteiger partial charge in [0.1, 0.15) is 0 Å². The summed E-state index contributed by atoms with van der Waals surface area (Å²) in [6, 6.07) is 11.4. The van der Waals surface area contributed by atoms with Gasteiger partial charge < -0.3 is 9.80 Å². The van der Waals surface area contributed by atoms with Crippen LogP contribution in [0.15, 0.2) is 55.0 Å². The molecule has 0 saturated carbocycles. The normalized spacial score (nSPS) is 16.5. The van der Waals surface area contributed by atoms with Crippen LogP contribution in [0.2, 0.25) is 0 Å². The van der Waals surface area contributed by atoms with Crippen molar-refractivity contribution in [3.8, 4) is 0 Å². The van der Waals surface area contributed by atoms with E-state index in [1.165, 1.54) is 0 Å². The Balaban J connectivity index is 1.40. The first-order chi connectivity index (χ1) is 13.6. The molecule has 2 amide bonds. The van der Waals surface area contributed by atoms with Crippen LogP contribution < -0.4 is 0 Å². The molecule has 3 aromatic rings. The largest absolute Gasteiger partial charge is 0.339 e. The zero-order valence-corrected chi connectivity index (χ0v) is 15.7. The van der Waals surface area contributed by atoms with Crippen LogP contribution in [0.25, 0.3) is 11.0 Å². The van der Waals surface area contributed by atoms with Crippen molar-refractivity contribution >= 4 is 22.8 Å². The molecule has 1 aromatic carbocycles. The number of amides is 2. The molecule has 0 N–H and O–H groups in total. The second-order valence-corrected chi connectivity index (χ2v) is 7.08. The molecule has 0 radical (unpaired) electrons. The van der Waals surface area contributed by atoms with E-state index in [1.807, 2.05) is 36.4 Å². The van der Waals surface area contributed by atoms with Gasteiger partial charge in [0.2, 0.25) is 11.8 Å². The van der Waals surface area contributed by atoms with Crippen LogP contribution in [0.5, 0.6) is 0 Å². The van der Waals surface area contributed by atoms with Crippen molar-refractivity contribution < 1.29 is 9.59 Å². The number of nitrogens with zero attached hydrogens (tertiary/aromatic N) is 5. The van der Waals surface area contributed by atoms with Crippen LogP contribution in [0.3, 0.4) is 0 Å². The lowest BCUT2D eigenvalue weighted by molar-refractivity contribution is -0.135. The fourth-order valence-electron chi connectivity index (χ4n) is 3.51. The highest BCUT2D eigenvalue weighted by Gasteiger charge is 2.35. The van der Waals surface area contributed by atoms with E-state index < -0.39 is 0 Å². The van der Waals surface area contributed by atoms with Crippen LogP contribution in [-0.2, 0) is 22.7 Å². The van der Waals surface area contributed by atoms with Gasteiger partial charge in [-0.25, -0.2) is 4.98 Å². The summed E-state index contributed by atoms with van der Waals surface area (Å²) in [6.45, 7) is 1.28. The van der Waals surface area contributed by atoms with Crippen molar-refractivity contribution in [2.75, 3.05) is 13.6 Å². The number of benzene rings is 1. The predicted molar refractivity (Wildman–Crippen MR) is 104 cm³/mol.